The molecule has 0 spiro atoms. The van der Waals surface area contributed by atoms with Gasteiger partial charge in [0.1, 0.15) is 0 Å². The summed E-state index contributed by atoms with van der Waals surface area (Å²) in [6.45, 7) is 0. The molecule has 0 saturated heterocycles. The summed E-state index contributed by atoms with van der Waals surface area (Å²) in [5.41, 5.74) is 0. The molecule has 0 rings (SSSR count). The molecule has 0 N–H and O–H groups in total. The van der Waals surface area contributed by atoms with Crippen LogP contribution in [0.4, 0.5) is 0 Å². The van der Waals surface area contributed by atoms with Gasteiger partial charge in [-0.3, -0.25) is 0 Å². The van der Waals surface area contributed by atoms with Gasteiger partial charge in [0, 0.05) is 47.1 Å². The van der Waals surface area contributed by atoms with Gasteiger partial charge in [-0.1, -0.05) is 0 Å². The third-order valence-corrected chi connectivity index (χ3v) is 0. The maximum atomic E-state index is 0. The van der Waals surface area contributed by atoms with Crippen molar-refractivity contribution >= 4 is 23.4 Å². The summed E-state index contributed by atoms with van der Waals surface area (Å²) in [5, 5.41) is 0. The molecule has 0 heterocycles. The van der Waals surface area contributed by atoms with E-state index >= 15 is 0 Å². The van der Waals surface area contributed by atoms with Crippen LogP contribution in [0.25, 0.3) is 0 Å². The molecule has 0 aliphatic carbocycles. The van der Waals surface area contributed by atoms with Crippen molar-refractivity contribution in [1.82, 2.24) is 0 Å². The fourth-order valence-corrected chi connectivity index (χ4v) is 0. The summed E-state index contributed by atoms with van der Waals surface area (Å²) < 4.78 is 0. The molecule has 0 amide bonds. The van der Waals surface area contributed by atoms with Crippen LogP contribution >= 0.6 is 23.4 Å². The van der Waals surface area contributed by atoms with E-state index in [1.54, 1.807) is 0 Å². The van der Waals surface area contributed by atoms with Crippen molar-refractivity contribution in [1.29, 1.82) is 0 Å². The van der Waals surface area contributed by atoms with Crippen molar-refractivity contribution < 1.29 is 47.1 Å². The molecule has 0 saturated carbocycles. The minimum atomic E-state index is 0. The summed E-state index contributed by atoms with van der Waals surface area (Å²) >= 11 is 0. The molecule has 0 radical (unpaired) electrons. The van der Waals surface area contributed by atoms with E-state index in [-0.39, 0.29) is 70.5 Å². The first-order valence-corrected chi connectivity index (χ1v) is 0. The normalized spacial score (nSPS) is 0. The molecule has 0 nitrogen and oxygen atoms in total. The Labute approximate surface area is 69.8 Å². The Kier molecular flexibility index (Phi) is 152. The maximum absolute atomic E-state index is 0. The van der Waals surface area contributed by atoms with Crippen LogP contribution in [0.5, 0.6) is 0 Å². The Balaban J connectivity index is 0. The van der Waals surface area contributed by atoms with Crippen molar-refractivity contribution in [3.63, 3.8) is 0 Å². The second-order valence-electron chi connectivity index (χ2n) is 0. The number of rotatable bonds is 0. The average molecular weight is 334 g/mol. The van der Waals surface area contributed by atoms with Gasteiger partial charge in [0.15, 0.2) is 0 Å². The zero-order valence-corrected chi connectivity index (χ0v) is 13.5. The Hall–Kier alpha value is 2.34. The number of hydrogen-bond donors (Lipinski definition) is 0. The summed E-state index contributed by atoms with van der Waals surface area (Å²) in [7, 11) is 0. The molecule has 0 aromatic rings. The first-order chi connectivity index (χ1) is 0. The Morgan fingerprint density at radius 1 is 1.00 bits per heavy atom. The molecule has 0 aromatic heterocycles. The van der Waals surface area contributed by atoms with Crippen molar-refractivity contribution in [3.8, 4) is 0 Å². The summed E-state index contributed by atoms with van der Waals surface area (Å²) in [6.07, 6.45) is 0. The largest absolute Gasteiger partial charge is 0.197 e. The quantitative estimate of drug-likeness (QED) is 0.438. The Bertz CT molecular complexity index is 8.00. The molecule has 4 heteroatoms. The van der Waals surface area contributed by atoms with Crippen LogP contribution in [0.15, 0.2) is 0 Å². The summed E-state index contributed by atoms with van der Waals surface area (Å²) in [6, 6.07) is 0. The standard InChI is InChI=1S/Hg.H3P.H2S.Zn/h;1H3;1H2;. The van der Waals surface area contributed by atoms with E-state index in [9.17, 15) is 0 Å². The molecule has 0 aliphatic rings. The molecular weight excluding hydrogens is 329 g/mol. The van der Waals surface area contributed by atoms with Crippen LogP contribution in [-0.4, -0.2) is 0 Å². The number of hydrogen-bond acceptors (Lipinski definition) is 0. The molecule has 0 fully saturated rings. The van der Waals surface area contributed by atoms with Crippen LogP contribution in [0.3, 0.4) is 0 Å². The van der Waals surface area contributed by atoms with Crippen LogP contribution in [-0.2, 0) is 47.1 Å². The van der Waals surface area contributed by atoms with Crippen LogP contribution < -0.4 is 0 Å². The molecule has 0 aromatic carbocycles. The van der Waals surface area contributed by atoms with Gasteiger partial charge >= 0.3 is 0 Å². The van der Waals surface area contributed by atoms with Gasteiger partial charge in [-0.05, 0) is 0 Å². The molecule has 0 aliphatic heterocycles. The minimum Gasteiger partial charge on any atom is -0.197 e. The van der Waals surface area contributed by atoms with Crippen molar-refractivity contribution in [2.24, 2.45) is 0 Å². The predicted octanol–water partition coefficient (Wildman–Crippen LogP) is 0.166. The van der Waals surface area contributed by atoms with E-state index in [2.05, 4.69) is 0 Å². The average Bonchev–Trinajstić information content (AvgIpc) is 0. The maximum Gasteiger partial charge on any atom is 0 e. The van der Waals surface area contributed by atoms with Gasteiger partial charge in [0.25, 0.3) is 0 Å². The second kappa shape index (κ2) is 18.4. The third kappa shape index (κ3) is 8.84. The third-order valence-electron chi connectivity index (χ3n) is 0. The van der Waals surface area contributed by atoms with E-state index in [0.717, 1.165) is 0 Å². The first kappa shape index (κ1) is 33.0. The Morgan fingerprint density at radius 3 is 1.00 bits per heavy atom. The topological polar surface area (TPSA) is 0 Å². The smallest absolute Gasteiger partial charge is 0 e. The van der Waals surface area contributed by atoms with Gasteiger partial charge in [0.05, 0.1) is 0 Å². The predicted molar refractivity (Wildman–Crippen MR) is 21.5 cm³/mol. The zero-order valence-electron chi connectivity index (χ0n) is 2.62. The van der Waals surface area contributed by atoms with Crippen LogP contribution in [0.1, 0.15) is 0 Å². The van der Waals surface area contributed by atoms with E-state index in [0.29, 0.717) is 0 Å². The molecule has 0 bridgehead atoms. The van der Waals surface area contributed by atoms with E-state index in [1.165, 1.54) is 0 Å². The molecule has 1 atom stereocenters. The second-order valence-corrected chi connectivity index (χ2v) is 0. The van der Waals surface area contributed by atoms with Gasteiger partial charge < -0.3 is 0 Å². The minimum absolute atomic E-state index is 0. The Morgan fingerprint density at radius 2 is 1.00 bits per heavy atom. The monoisotopic (exact) mass is 334 g/mol. The molecule has 1 unspecified atom stereocenters. The van der Waals surface area contributed by atoms with Gasteiger partial charge in [-0.25, -0.2) is 0 Å². The van der Waals surface area contributed by atoms with Crippen molar-refractivity contribution in [2.45, 2.75) is 0 Å². The van der Waals surface area contributed by atoms with Gasteiger partial charge in [-0.2, -0.15) is 23.4 Å². The molecule has 20 valence electrons. The zero-order chi connectivity index (χ0) is 0. The molecule has 4 heavy (non-hydrogen) atoms. The van der Waals surface area contributed by atoms with Crippen LogP contribution in [0.2, 0.25) is 0 Å². The summed E-state index contributed by atoms with van der Waals surface area (Å²) in [5.74, 6) is 0. The van der Waals surface area contributed by atoms with Crippen LogP contribution in [0, 0.1) is 0 Å². The van der Waals surface area contributed by atoms with Crippen molar-refractivity contribution in [2.75, 3.05) is 0 Å². The fourth-order valence-electron chi connectivity index (χ4n) is 0. The SMILES string of the molecule is P.S.[Hg].[Zn]. The van der Waals surface area contributed by atoms with E-state index in [1.807, 2.05) is 0 Å². The fraction of sp³-hybridized carbons (Fsp3) is 0. The van der Waals surface area contributed by atoms with Gasteiger partial charge in [-0.15, -0.1) is 0 Å². The first-order valence-electron chi connectivity index (χ1n) is 0. The van der Waals surface area contributed by atoms with Gasteiger partial charge in [0.2, 0.25) is 0 Å². The van der Waals surface area contributed by atoms with E-state index in [4.69, 9.17) is 0 Å². The van der Waals surface area contributed by atoms with E-state index < -0.39 is 0 Å². The molecular formula is H5HgPSZn. The van der Waals surface area contributed by atoms with Crippen molar-refractivity contribution in [3.05, 3.63) is 0 Å². The summed E-state index contributed by atoms with van der Waals surface area (Å²) in [4.78, 5) is 0.